The van der Waals surface area contributed by atoms with Crippen LogP contribution < -0.4 is 10.1 Å². The molecule has 1 heterocycles. The standard InChI is InChI=1S/C25H26N2O2S/c1-16(2)29-23-9-6-17(14-18(23)15-26)24-10-11-25(30-24)21-5-3-4-20-19(21)7-8-22(20)27-12-13-28/h3-6,9-11,14,16,22,27-28H,7-8,12-13H2,1-2H3. The van der Waals surface area contributed by atoms with E-state index < -0.39 is 0 Å². The largest absolute Gasteiger partial charge is 0.490 e. The Hall–Kier alpha value is -2.65. The van der Waals surface area contributed by atoms with Crippen molar-refractivity contribution < 1.29 is 9.84 Å². The van der Waals surface area contributed by atoms with E-state index in [2.05, 4.69) is 41.7 Å². The Labute approximate surface area is 181 Å². The maximum absolute atomic E-state index is 9.53. The number of nitrogens with zero attached hydrogens (tertiary/aromatic N) is 1. The van der Waals surface area contributed by atoms with Crippen LogP contribution in [0.2, 0.25) is 0 Å². The summed E-state index contributed by atoms with van der Waals surface area (Å²) < 4.78 is 5.75. The molecule has 1 aliphatic rings. The van der Waals surface area contributed by atoms with Gasteiger partial charge in [-0.3, -0.25) is 0 Å². The Morgan fingerprint density at radius 2 is 2.03 bits per heavy atom. The first kappa shape index (κ1) is 20.6. The Morgan fingerprint density at radius 1 is 1.20 bits per heavy atom. The molecular weight excluding hydrogens is 392 g/mol. The van der Waals surface area contributed by atoms with Gasteiger partial charge in [-0.2, -0.15) is 5.26 Å². The van der Waals surface area contributed by atoms with Crippen LogP contribution in [0.3, 0.4) is 0 Å². The van der Waals surface area contributed by atoms with Crippen LogP contribution in [-0.2, 0) is 6.42 Å². The number of thiophene rings is 1. The van der Waals surface area contributed by atoms with Gasteiger partial charge in [0.1, 0.15) is 11.8 Å². The van der Waals surface area contributed by atoms with E-state index in [4.69, 9.17) is 9.84 Å². The summed E-state index contributed by atoms with van der Waals surface area (Å²) in [6.07, 6.45) is 2.14. The minimum atomic E-state index is 0.0344. The van der Waals surface area contributed by atoms with Crippen LogP contribution in [0, 0.1) is 11.3 Å². The van der Waals surface area contributed by atoms with Gasteiger partial charge >= 0.3 is 0 Å². The number of fused-ring (bicyclic) bond motifs is 1. The highest BCUT2D eigenvalue weighted by Gasteiger charge is 2.24. The first-order valence-corrected chi connectivity index (χ1v) is 11.2. The third kappa shape index (κ3) is 4.13. The van der Waals surface area contributed by atoms with E-state index in [-0.39, 0.29) is 12.7 Å². The van der Waals surface area contributed by atoms with E-state index in [1.165, 1.54) is 21.6 Å². The lowest BCUT2D eigenvalue weighted by molar-refractivity contribution is 0.242. The fourth-order valence-corrected chi connectivity index (χ4v) is 5.16. The number of aliphatic hydroxyl groups is 1. The molecule has 0 amide bonds. The van der Waals surface area contributed by atoms with Crippen LogP contribution in [0.15, 0.2) is 48.5 Å². The smallest absolute Gasteiger partial charge is 0.137 e. The number of aliphatic hydroxyl groups excluding tert-OH is 1. The zero-order chi connectivity index (χ0) is 21.1. The molecule has 0 aliphatic heterocycles. The molecule has 30 heavy (non-hydrogen) atoms. The van der Waals surface area contributed by atoms with Gasteiger partial charge in [0, 0.05) is 22.3 Å². The van der Waals surface area contributed by atoms with Gasteiger partial charge in [-0.05, 0) is 79.3 Å². The van der Waals surface area contributed by atoms with Crippen LogP contribution >= 0.6 is 11.3 Å². The van der Waals surface area contributed by atoms with Crippen molar-refractivity contribution in [2.24, 2.45) is 0 Å². The van der Waals surface area contributed by atoms with Gasteiger partial charge < -0.3 is 15.2 Å². The fraction of sp³-hybridized carbons (Fsp3) is 0.320. The van der Waals surface area contributed by atoms with Gasteiger partial charge in [-0.25, -0.2) is 0 Å². The molecule has 3 aromatic rings. The van der Waals surface area contributed by atoms with Crippen molar-refractivity contribution in [3.05, 3.63) is 65.2 Å². The van der Waals surface area contributed by atoms with Crippen LogP contribution in [-0.4, -0.2) is 24.4 Å². The summed E-state index contributed by atoms with van der Waals surface area (Å²) in [4.78, 5) is 2.38. The van der Waals surface area contributed by atoms with Gasteiger partial charge in [0.05, 0.1) is 18.3 Å². The van der Waals surface area contributed by atoms with Crippen molar-refractivity contribution in [1.29, 1.82) is 5.26 Å². The lowest BCUT2D eigenvalue weighted by Crippen LogP contribution is -2.22. The van der Waals surface area contributed by atoms with Crippen molar-refractivity contribution in [2.45, 2.75) is 38.8 Å². The first-order chi connectivity index (χ1) is 14.6. The summed E-state index contributed by atoms with van der Waals surface area (Å²) in [5.74, 6) is 0.635. The molecule has 0 fully saturated rings. The predicted octanol–water partition coefficient (Wildman–Crippen LogP) is 5.31. The number of hydrogen-bond donors (Lipinski definition) is 2. The van der Waals surface area contributed by atoms with Crippen molar-refractivity contribution in [3.63, 3.8) is 0 Å². The van der Waals surface area contributed by atoms with Gasteiger partial charge in [-0.1, -0.05) is 18.2 Å². The van der Waals surface area contributed by atoms with Crippen molar-refractivity contribution in [2.75, 3.05) is 13.2 Å². The average molecular weight is 419 g/mol. The third-order valence-electron chi connectivity index (χ3n) is 5.39. The topological polar surface area (TPSA) is 65.3 Å². The summed E-state index contributed by atoms with van der Waals surface area (Å²) in [5, 5.41) is 22.1. The number of rotatable bonds is 7. The van der Waals surface area contributed by atoms with Crippen LogP contribution in [0.5, 0.6) is 5.75 Å². The van der Waals surface area contributed by atoms with Crippen LogP contribution in [0.25, 0.3) is 20.9 Å². The van der Waals surface area contributed by atoms with E-state index in [0.717, 1.165) is 23.3 Å². The average Bonchev–Trinajstić information content (AvgIpc) is 3.39. The molecule has 1 atom stereocenters. The zero-order valence-corrected chi connectivity index (χ0v) is 18.1. The summed E-state index contributed by atoms with van der Waals surface area (Å²) in [7, 11) is 0. The van der Waals surface area contributed by atoms with E-state index >= 15 is 0 Å². The second kappa shape index (κ2) is 9.01. The molecule has 0 saturated carbocycles. The Morgan fingerprint density at radius 3 is 2.80 bits per heavy atom. The van der Waals surface area contributed by atoms with Gasteiger partial charge in [0.2, 0.25) is 0 Å². The lowest BCUT2D eigenvalue weighted by Gasteiger charge is -2.14. The zero-order valence-electron chi connectivity index (χ0n) is 17.3. The van der Waals surface area contributed by atoms with Crippen molar-refractivity contribution >= 4 is 11.3 Å². The molecule has 2 aromatic carbocycles. The molecule has 0 bridgehead atoms. The summed E-state index contributed by atoms with van der Waals surface area (Å²) in [5.41, 5.74) is 5.64. The molecule has 1 aromatic heterocycles. The second-order valence-corrected chi connectivity index (χ2v) is 8.88. The molecule has 0 saturated heterocycles. The quantitative estimate of drug-likeness (QED) is 0.546. The summed E-state index contributed by atoms with van der Waals surface area (Å²) in [6, 6.07) is 19.2. The third-order valence-corrected chi connectivity index (χ3v) is 6.56. The van der Waals surface area contributed by atoms with E-state index in [9.17, 15) is 5.26 Å². The minimum absolute atomic E-state index is 0.0344. The Kier molecular flexibility index (Phi) is 6.19. The van der Waals surface area contributed by atoms with Crippen molar-refractivity contribution in [1.82, 2.24) is 5.32 Å². The Balaban J connectivity index is 1.63. The summed E-state index contributed by atoms with van der Waals surface area (Å²) in [6.45, 7) is 4.70. The molecular formula is C25H26N2O2S. The first-order valence-electron chi connectivity index (χ1n) is 10.4. The lowest BCUT2D eigenvalue weighted by atomic mass is 10.0. The minimum Gasteiger partial charge on any atom is -0.490 e. The molecule has 154 valence electrons. The van der Waals surface area contributed by atoms with E-state index in [1.807, 2.05) is 32.0 Å². The van der Waals surface area contributed by atoms with Gasteiger partial charge in [0.15, 0.2) is 0 Å². The summed E-state index contributed by atoms with van der Waals surface area (Å²) >= 11 is 1.75. The fourth-order valence-electron chi connectivity index (χ4n) is 4.10. The van der Waals surface area contributed by atoms with Gasteiger partial charge in [-0.15, -0.1) is 11.3 Å². The molecule has 5 heteroatoms. The van der Waals surface area contributed by atoms with Crippen LogP contribution in [0.4, 0.5) is 0 Å². The monoisotopic (exact) mass is 418 g/mol. The predicted molar refractivity (Wildman–Crippen MR) is 122 cm³/mol. The Bertz CT molecular complexity index is 1080. The van der Waals surface area contributed by atoms with Crippen molar-refractivity contribution in [3.8, 4) is 32.7 Å². The number of benzene rings is 2. The molecule has 4 nitrogen and oxygen atoms in total. The molecule has 0 radical (unpaired) electrons. The maximum atomic E-state index is 9.53. The van der Waals surface area contributed by atoms with Gasteiger partial charge in [0.25, 0.3) is 0 Å². The normalized spacial score (nSPS) is 15.2. The van der Waals surface area contributed by atoms with E-state index in [1.54, 1.807) is 11.3 Å². The number of nitriles is 1. The molecule has 2 N–H and O–H groups in total. The maximum Gasteiger partial charge on any atom is 0.137 e. The highest BCUT2D eigenvalue weighted by molar-refractivity contribution is 7.18. The highest BCUT2D eigenvalue weighted by Crippen LogP contribution is 2.42. The molecule has 0 spiro atoms. The number of hydrogen-bond acceptors (Lipinski definition) is 5. The SMILES string of the molecule is CC(C)Oc1ccc(-c2ccc(-c3cccc4c3CCC4NCCO)s2)cc1C#N. The van der Waals surface area contributed by atoms with Crippen LogP contribution in [0.1, 0.15) is 43.0 Å². The molecule has 4 rings (SSSR count). The second-order valence-electron chi connectivity index (χ2n) is 7.80. The van der Waals surface area contributed by atoms with E-state index in [0.29, 0.717) is 23.9 Å². The number of nitrogens with one attached hydrogen (secondary N) is 1. The highest BCUT2D eigenvalue weighted by atomic mass is 32.1. The molecule has 1 unspecified atom stereocenters. The number of ether oxygens (including phenoxy) is 1. The molecule has 1 aliphatic carbocycles.